The fourth-order valence-electron chi connectivity index (χ4n) is 11.1. The summed E-state index contributed by atoms with van der Waals surface area (Å²) in [6.45, 7) is 9.00. The Morgan fingerprint density at radius 2 is 1.07 bits per heavy atom. The minimum Gasteiger partial charge on any atom is -0.497 e. The number of aromatic nitrogens is 4. The van der Waals surface area contributed by atoms with Crippen LogP contribution in [0.3, 0.4) is 0 Å². The second kappa shape index (κ2) is 15.6. The summed E-state index contributed by atoms with van der Waals surface area (Å²) < 4.78 is 26.0. The molecule has 6 saturated heterocycles. The zero-order valence-corrected chi connectivity index (χ0v) is 34.1. The van der Waals surface area contributed by atoms with Crippen LogP contribution in [0.5, 0.6) is 23.3 Å². The zero-order chi connectivity index (χ0) is 39.3. The summed E-state index contributed by atoms with van der Waals surface area (Å²) in [4.78, 5) is 14.8. The summed E-state index contributed by atoms with van der Waals surface area (Å²) >= 11 is 0. The van der Waals surface area contributed by atoms with E-state index in [2.05, 4.69) is 72.2 Å². The van der Waals surface area contributed by atoms with E-state index >= 15 is 0 Å². The molecule has 4 bridgehead atoms. The molecule has 300 valence electrons. The van der Waals surface area contributed by atoms with Crippen molar-refractivity contribution in [2.45, 2.75) is 76.7 Å². The van der Waals surface area contributed by atoms with Crippen LogP contribution in [-0.2, 0) is 0 Å². The lowest BCUT2D eigenvalue weighted by Crippen LogP contribution is -2.56. The van der Waals surface area contributed by atoms with E-state index in [9.17, 15) is 0 Å². The van der Waals surface area contributed by atoms with Gasteiger partial charge in [-0.2, -0.15) is 0 Å². The smallest absolute Gasteiger partial charge is 0.242 e. The van der Waals surface area contributed by atoms with Crippen LogP contribution in [0.15, 0.2) is 85.2 Å². The average Bonchev–Trinajstić information content (AvgIpc) is 3.29. The van der Waals surface area contributed by atoms with Crippen LogP contribution in [0.4, 0.5) is 0 Å². The van der Waals surface area contributed by atoms with Gasteiger partial charge in [0.25, 0.3) is 0 Å². The lowest BCUT2D eigenvalue weighted by atomic mass is 9.72. The van der Waals surface area contributed by atoms with E-state index in [4.69, 9.17) is 39.1 Å². The van der Waals surface area contributed by atoms with Crippen molar-refractivity contribution in [1.82, 2.24) is 30.0 Å². The topological polar surface area (TPSA) is 95.0 Å². The molecule has 5 unspecified atom stereocenters. The summed E-state index contributed by atoms with van der Waals surface area (Å²) in [6, 6.07) is 25.1. The Morgan fingerprint density at radius 3 is 1.47 bits per heavy atom. The quantitative estimate of drug-likeness (QED) is 0.120. The predicted octanol–water partition coefficient (Wildman–Crippen LogP) is 9.22. The van der Waals surface area contributed by atoms with Gasteiger partial charge in [0, 0.05) is 47.4 Å². The van der Waals surface area contributed by atoms with Gasteiger partial charge in [-0.05, 0) is 123 Å². The highest BCUT2D eigenvalue weighted by Crippen LogP contribution is 2.47. The number of benzene rings is 3. The normalized spacial score (nSPS) is 27.4. The first-order chi connectivity index (χ1) is 28.5. The lowest BCUT2D eigenvalue weighted by molar-refractivity contribution is -0.0505. The van der Waals surface area contributed by atoms with Gasteiger partial charge in [0.2, 0.25) is 11.8 Å². The number of rotatable bonds is 12. The summed E-state index contributed by atoms with van der Waals surface area (Å²) in [5.74, 6) is 5.39. The van der Waals surface area contributed by atoms with Crippen molar-refractivity contribution in [2.24, 2.45) is 23.7 Å². The van der Waals surface area contributed by atoms with Crippen LogP contribution in [0.1, 0.15) is 75.7 Å². The third-order valence-corrected chi connectivity index (χ3v) is 14.3. The molecule has 0 radical (unpaired) electrons. The van der Waals surface area contributed by atoms with Crippen molar-refractivity contribution in [3.05, 3.63) is 96.3 Å². The summed E-state index contributed by atoms with van der Waals surface area (Å²) in [6.07, 6.45) is 10.2. The molecule has 0 saturated carbocycles. The van der Waals surface area contributed by atoms with Crippen molar-refractivity contribution >= 4 is 32.6 Å². The fraction of sp³-hybridized carbons (Fsp3) is 0.458. The number of nitrogens with zero attached hydrogens (tertiary/aromatic N) is 6. The molecule has 3 aromatic carbocycles. The number of hydrogen-bond acceptors (Lipinski definition) is 10. The van der Waals surface area contributed by atoms with Gasteiger partial charge in [-0.1, -0.05) is 38.8 Å². The van der Waals surface area contributed by atoms with E-state index in [0.29, 0.717) is 35.4 Å². The van der Waals surface area contributed by atoms with Gasteiger partial charge in [-0.25, -0.2) is 0 Å². The number of methoxy groups -OCH3 is 2. The highest BCUT2D eigenvalue weighted by molar-refractivity contribution is 5.91. The molecule has 0 spiro atoms. The van der Waals surface area contributed by atoms with Crippen LogP contribution >= 0.6 is 0 Å². The molecule has 6 aliphatic rings. The highest BCUT2D eigenvalue weighted by atomic mass is 16.5. The number of piperidine rings is 6. The third kappa shape index (κ3) is 6.58. The molecule has 6 aliphatic heterocycles. The van der Waals surface area contributed by atoms with E-state index in [1.165, 1.54) is 25.7 Å². The molecule has 6 fully saturated rings. The minimum absolute atomic E-state index is 0.180. The van der Waals surface area contributed by atoms with E-state index in [1.807, 2.05) is 36.7 Å². The summed E-state index contributed by atoms with van der Waals surface area (Å²) in [5, 5.41) is 13.7. The van der Waals surface area contributed by atoms with Crippen molar-refractivity contribution in [3.8, 4) is 23.3 Å². The van der Waals surface area contributed by atoms with E-state index in [0.717, 1.165) is 94.2 Å². The van der Waals surface area contributed by atoms with Gasteiger partial charge in [-0.15, -0.1) is 10.2 Å². The highest BCUT2D eigenvalue weighted by Gasteiger charge is 2.46. The number of ether oxygens (including phenoxy) is 4. The monoisotopic (exact) mass is 778 g/mol. The maximum atomic E-state index is 7.30. The molecule has 10 heteroatoms. The Bertz CT molecular complexity index is 2280. The van der Waals surface area contributed by atoms with Crippen molar-refractivity contribution in [2.75, 3.05) is 40.4 Å². The summed E-state index contributed by atoms with van der Waals surface area (Å²) in [7, 11) is 3.42. The molecular weight excluding hydrogens is 725 g/mol. The zero-order valence-electron chi connectivity index (χ0n) is 34.1. The van der Waals surface area contributed by atoms with Gasteiger partial charge < -0.3 is 18.9 Å². The largest absolute Gasteiger partial charge is 0.497 e. The lowest BCUT2D eigenvalue weighted by Gasteiger charge is -2.52. The molecule has 0 aliphatic carbocycles. The van der Waals surface area contributed by atoms with Crippen molar-refractivity contribution in [1.29, 1.82) is 0 Å². The Kier molecular flexibility index (Phi) is 10.0. The van der Waals surface area contributed by atoms with Crippen molar-refractivity contribution in [3.63, 3.8) is 0 Å². The van der Waals surface area contributed by atoms with Gasteiger partial charge in [0.15, 0.2) is 0 Å². The Morgan fingerprint density at radius 1 is 0.603 bits per heavy atom. The summed E-state index contributed by atoms with van der Waals surface area (Å²) in [5.41, 5.74) is 4.01. The third-order valence-electron chi connectivity index (χ3n) is 14.3. The number of pyridine rings is 2. The predicted molar refractivity (Wildman–Crippen MR) is 227 cm³/mol. The minimum atomic E-state index is -0.300. The Labute approximate surface area is 340 Å². The maximum Gasteiger partial charge on any atom is 0.242 e. The first-order valence-corrected chi connectivity index (χ1v) is 21.5. The first kappa shape index (κ1) is 37.2. The molecular formula is C48H54N6O4. The van der Waals surface area contributed by atoms with Crippen LogP contribution in [0.25, 0.3) is 32.6 Å². The maximum absolute atomic E-state index is 7.30. The van der Waals surface area contributed by atoms with Crippen LogP contribution in [0, 0.1) is 23.7 Å². The van der Waals surface area contributed by atoms with E-state index in [1.54, 1.807) is 14.2 Å². The molecule has 9 heterocycles. The molecule has 10 atom stereocenters. The second-order valence-electron chi connectivity index (χ2n) is 17.0. The van der Waals surface area contributed by atoms with Crippen LogP contribution < -0.4 is 18.9 Å². The van der Waals surface area contributed by atoms with Gasteiger partial charge in [0.1, 0.15) is 23.7 Å². The van der Waals surface area contributed by atoms with Crippen LogP contribution in [-0.4, -0.2) is 82.4 Å². The second-order valence-corrected chi connectivity index (χ2v) is 17.0. The Hall–Kier alpha value is -5.06. The Balaban J connectivity index is 1.06. The molecule has 6 aromatic rings. The first-order valence-electron chi connectivity index (χ1n) is 21.5. The van der Waals surface area contributed by atoms with Crippen molar-refractivity contribution < 1.29 is 18.9 Å². The average molecular weight is 779 g/mol. The van der Waals surface area contributed by atoms with Gasteiger partial charge in [-0.3, -0.25) is 19.8 Å². The fourth-order valence-corrected chi connectivity index (χ4v) is 11.1. The standard InChI is InChI=1S/C48H54N6O4/c1-5-29-27-53-21-17-31(29)23-43(53)45(35-15-19-49-41-13-11-33(55-3)25-39(35)41)57-47-37-9-7-8-10-38(37)48(52-51-47)58-46(44-24-32-18-22-54(44)28-30(32)6-2)36-16-20-50-42-14-12-34(56-4)26-40(36)42/h7-16,19-20,25-26,29-32,43-46H,5-6,17-18,21-24,27-28H2,1-4H3/t29-,30?,31-,32?,43?,44+,45-,46-/m0/s1. The van der Waals surface area contributed by atoms with E-state index < -0.39 is 0 Å². The molecule has 3 aromatic heterocycles. The number of fused-ring (bicyclic) bond motifs is 9. The molecule has 12 rings (SSSR count). The number of hydrogen-bond donors (Lipinski definition) is 0. The molecule has 0 N–H and O–H groups in total. The van der Waals surface area contributed by atoms with Gasteiger partial charge in [0.05, 0.1) is 48.1 Å². The SMILES string of the molecule is CCC1CN2CCC1C[C@@H]2[C@@H](Oc1nnc(O[C@@H](c2ccnc3ccc(OC)cc23)C2C[C@@H]3CCN2C[C@@H]3CC)c2ccccc12)c1ccnc2ccc(OC)cc12. The molecule has 58 heavy (non-hydrogen) atoms. The van der Waals surface area contributed by atoms with Crippen LogP contribution in [0.2, 0.25) is 0 Å². The van der Waals surface area contributed by atoms with Gasteiger partial charge >= 0.3 is 0 Å². The van der Waals surface area contributed by atoms with E-state index in [-0.39, 0.29) is 24.3 Å². The molecule has 10 nitrogen and oxygen atoms in total. The molecule has 0 amide bonds.